The van der Waals surface area contributed by atoms with E-state index in [4.69, 9.17) is 4.74 Å². The monoisotopic (exact) mass is 315 g/mol. The van der Waals surface area contributed by atoms with Gasteiger partial charge in [0.2, 0.25) is 0 Å². The van der Waals surface area contributed by atoms with Gasteiger partial charge in [-0.25, -0.2) is 0 Å². The topological polar surface area (TPSA) is 56.2 Å². The molecule has 23 heavy (non-hydrogen) atoms. The number of benzene rings is 1. The quantitative estimate of drug-likeness (QED) is 0.762. The molecule has 0 radical (unpaired) electrons. The van der Waals surface area contributed by atoms with Crippen LogP contribution in [0.25, 0.3) is 0 Å². The predicted octanol–water partition coefficient (Wildman–Crippen LogP) is 2.97. The van der Waals surface area contributed by atoms with Crippen molar-refractivity contribution in [3.63, 3.8) is 0 Å². The van der Waals surface area contributed by atoms with Crippen LogP contribution in [0.5, 0.6) is 5.75 Å². The normalized spacial score (nSPS) is 10.6. The van der Waals surface area contributed by atoms with E-state index in [2.05, 4.69) is 29.5 Å². The summed E-state index contributed by atoms with van der Waals surface area (Å²) in [6, 6.07) is 8.03. The Balaban J connectivity index is 1.78. The van der Waals surface area contributed by atoms with E-state index < -0.39 is 0 Å². The van der Waals surface area contributed by atoms with Gasteiger partial charge in [-0.15, -0.1) is 0 Å². The van der Waals surface area contributed by atoms with E-state index in [1.807, 2.05) is 23.7 Å². The first-order chi connectivity index (χ1) is 11.2. The summed E-state index contributed by atoms with van der Waals surface area (Å²) in [5.41, 5.74) is 2.84. The van der Waals surface area contributed by atoms with Gasteiger partial charge in [-0.05, 0) is 43.9 Å². The average Bonchev–Trinajstić information content (AvgIpc) is 2.93. The molecule has 1 N–H and O–H groups in total. The highest BCUT2D eigenvalue weighted by atomic mass is 16.5. The Kier molecular flexibility index (Phi) is 6.20. The minimum absolute atomic E-state index is 0.0421. The second kappa shape index (κ2) is 8.36. The standard InChI is InChI=1S/C18H25N3O2/c1-4-12-21-14(2)17(13-20-21)18(22)19-11-5-6-15-7-9-16(23-3)10-8-15/h7-10,13H,4-6,11-12H2,1-3H3,(H,19,22). The van der Waals surface area contributed by atoms with Crippen molar-refractivity contribution in [3.8, 4) is 5.75 Å². The summed E-state index contributed by atoms with van der Waals surface area (Å²) in [4.78, 5) is 12.2. The van der Waals surface area contributed by atoms with Gasteiger partial charge < -0.3 is 10.1 Å². The first-order valence-electron chi connectivity index (χ1n) is 8.09. The fourth-order valence-corrected chi connectivity index (χ4v) is 2.49. The highest BCUT2D eigenvalue weighted by molar-refractivity contribution is 5.94. The molecule has 0 aliphatic heterocycles. The SMILES string of the molecule is CCCn1ncc(C(=O)NCCCc2ccc(OC)cc2)c1C. The molecule has 1 amide bonds. The minimum atomic E-state index is -0.0421. The summed E-state index contributed by atoms with van der Waals surface area (Å²) >= 11 is 0. The maximum Gasteiger partial charge on any atom is 0.254 e. The number of nitrogens with zero attached hydrogens (tertiary/aromatic N) is 2. The first kappa shape index (κ1) is 17.1. The predicted molar refractivity (Wildman–Crippen MR) is 90.9 cm³/mol. The van der Waals surface area contributed by atoms with Crippen LogP contribution in [0, 0.1) is 6.92 Å². The van der Waals surface area contributed by atoms with Crippen LogP contribution in [0.4, 0.5) is 0 Å². The smallest absolute Gasteiger partial charge is 0.254 e. The van der Waals surface area contributed by atoms with Gasteiger partial charge in [0.1, 0.15) is 5.75 Å². The van der Waals surface area contributed by atoms with Crippen LogP contribution < -0.4 is 10.1 Å². The zero-order valence-electron chi connectivity index (χ0n) is 14.1. The molecule has 1 aromatic heterocycles. The molecular formula is C18H25N3O2. The van der Waals surface area contributed by atoms with E-state index in [1.165, 1.54) is 5.56 Å². The van der Waals surface area contributed by atoms with E-state index >= 15 is 0 Å². The molecule has 0 fully saturated rings. The van der Waals surface area contributed by atoms with Gasteiger partial charge in [0.25, 0.3) is 5.91 Å². The molecule has 5 nitrogen and oxygen atoms in total. The van der Waals surface area contributed by atoms with Crippen molar-refractivity contribution in [1.29, 1.82) is 0 Å². The third kappa shape index (κ3) is 4.58. The van der Waals surface area contributed by atoms with Gasteiger partial charge in [0.05, 0.1) is 18.9 Å². The molecule has 0 saturated heterocycles. The van der Waals surface area contributed by atoms with Gasteiger partial charge in [-0.1, -0.05) is 19.1 Å². The maximum absolute atomic E-state index is 12.2. The number of hydrogen-bond acceptors (Lipinski definition) is 3. The molecule has 124 valence electrons. The molecule has 0 spiro atoms. The summed E-state index contributed by atoms with van der Waals surface area (Å²) in [6.07, 6.45) is 4.49. The second-order valence-electron chi connectivity index (χ2n) is 5.57. The lowest BCUT2D eigenvalue weighted by Gasteiger charge is -2.06. The summed E-state index contributed by atoms with van der Waals surface area (Å²) in [5, 5.41) is 7.23. The fourth-order valence-electron chi connectivity index (χ4n) is 2.49. The minimum Gasteiger partial charge on any atom is -0.497 e. The van der Waals surface area contributed by atoms with Crippen molar-refractivity contribution < 1.29 is 9.53 Å². The summed E-state index contributed by atoms with van der Waals surface area (Å²) in [6.45, 7) is 5.54. The third-order valence-corrected chi connectivity index (χ3v) is 3.87. The average molecular weight is 315 g/mol. The maximum atomic E-state index is 12.2. The van der Waals surface area contributed by atoms with E-state index in [1.54, 1.807) is 13.3 Å². The highest BCUT2D eigenvalue weighted by Crippen LogP contribution is 2.12. The molecule has 1 aromatic carbocycles. The Labute approximate surface area is 137 Å². The van der Waals surface area contributed by atoms with E-state index in [0.717, 1.165) is 37.3 Å². The fraction of sp³-hybridized carbons (Fsp3) is 0.444. The number of rotatable bonds is 8. The summed E-state index contributed by atoms with van der Waals surface area (Å²) in [5.74, 6) is 0.821. The van der Waals surface area contributed by atoms with Crippen molar-refractivity contribution in [2.24, 2.45) is 0 Å². The molecule has 0 aliphatic rings. The van der Waals surface area contributed by atoms with Crippen LogP contribution in [0.1, 0.15) is 41.4 Å². The molecule has 5 heteroatoms. The van der Waals surface area contributed by atoms with Crippen LogP contribution in [-0.4, -0.2) is 29.3 Å². The van der Waals surface area contributed by atoms with Gasteiger partial charge in [0.15, 0.2) is 0 Å². The largest absolute Gasteiger partial charge is 0.497 e. The number of amides is 1. The Bertz CT molecular complexity index is 632. The van der Waals surface area contributed by atoms with Crippen LogP contribution in [0.2, 0.25) is 0 Å². The van der Waals surface area contributed by atoms with Crippen LogP contribution in [-0.2, 0) is 13.0 Å². The lowest BCUT2D eigenvalue weighted by molar-refractivity contribution is 0.0952. The Hall–Kier alpha value is -2.30. The van der Waals surface area contributed by atoms with Crippen molar-refractivity contribution >= 4 is 5.91 Å². The molecule has 2 aromatic rings. The molecule has 0 unspecified atom stereocenters. The number of aromatic nitrogens is 2. The van der Waals surface area contributed by atoms with Gasteiger partial charge >= 0.3 is 0 Å². The second-order valence-corrected chi connectivity index (χ2v) is 5.57. The van der Waals surface area contributed by atoms with Crippen molar-refractivity contribution in [2.75, 3.05) is 13.7 Å². The Morgan fingerprint density at radius 1 is 1.30 bits per heavy atom. The zero-order chi connectivity index (χ0) is 16.7. The Morgan fingerprint density at radius 3 is 2.70 bits per heavy atom. The molecule has 0 bridgehead atoms. The molecular weight excluding hydrogens is 290 g/mol. The molecule has 1 heterocycles. The number of carbonyl (C=O) groups is 1. The van der Waals surface area contributed by atoms with Crippen LogP contribution in [0.15, 0.2) is 30.5 Å². The van der Waals surface area contributed by atoms with Crippen LogP contribution in [0.3, 0.4) is 0 Å². The third-order valence-electron chi connectivity index (χ3n) is 3.87. The lowest BCUT2D eigenvalue weighted by Crippen LogP contribution is -2.25. The first-order valence-corrected chi connectivity index (χ1v) is 8.09. The Morgan fingerprint density at radius 2 is 2.04 bits per heavy atom. The van der Waals surface area contributed by atoms with E-state index in [-0.39, 0.29) is 5.91 Å². The number of ether oxygens (including phenoxy) is 1. The summed E-state index contributed by atoms with van der Waals surface area (Å²) < 4.78 is 7.02. The molecule has 0 aliphatic carbocycles. The van der Waals surface area contributed by atoms with Crippen LogP contribution >= 0.6 is 0 Å². The van der Waals surface area contributed by atoms with Crippen molar-refractivity contribution in [1.82, 2.24) is 15.1 Å². The van der Waals surface area contributed by atoms with Gasteiger partial charge in [-0.3, -0.25) is 9.48 Å². The molecule has 0 saturated carbocycles. The van der Waals surface area contributed by atoms with Crippen molar-refractivity contribution in [2.45, 2.75) is 39.7 Å². The number of hydrogen-bond donors (Lipinski definition) is 1. The zero-order valence-corrected chi connectivity index (χ0v) is 14.1. The molecule has 2 rings (SSSR count). The van der Waals surface area contributed by atoms with E-state index in [0.29, 0.717) is 12.1 Å². The summed E-state index contributed by atoms with van der Waals surface area (Å²) in [7, 11) is 1.66. The van der Waals surface area contributed by atoms with Gasteiger partial charge in [-0.2, -0.15) is 5.10 Å². The number of aryl methyl sites for hydroxylation is 2. The number of nitrogens with one attached hydrogen (secondary N) is 1. The number of methoxy groups -OCH3 is 1. The van der Waals surface area contributed by atoms with Gasteiger partial charge in [0, 0.05) is 18.8 Å². The van der Waals surface area contributed by atoms with Crippen molar-refractivity contribution in [3.05, 3.63) is 47.3 Å². The number of carbonyl (C=O) groups excluding carboxylic acids is 1. The highest BCUT2D eigenvalue weighted by Gasteiger charge is 2.13. The van der Waals surface area contributed by atoms with E-state index in [9.17, 15) is 4.79 Å². The lowest BCUT2D eigenvalue weighted by atomic mass is 10.1. The molecule has 0 atom stereocenters.